The van der Waals surface area contributed by atoms with Crippen molar-refractivity contribution in [2.24, 2.45) is 17.6 Å². The van der Waals surface area contributed by atoms with E-state index in [1.807, 2.05) is 33.7 Å². The van der Waals surface area contributed by atoms with Gasteiger partial charge in [0.1, 0.15) is 41.8 Å². The lowest BCUT2D eigenvalue weighted by molar-refractivity contribution is -0.142. The first kappa shape index (κ1) is 47.9. The number of methoxy groups -OCH3 is 1. The van der Waals surface area contributed by atoms with Crippen LogP contribution in [-0.2, 0) is 39.1 Å². The molecular formula is C58H66N4O8S2. The highest BCUT2D eigenvalue weighted by Gasteiger charge is 2.52. The van der Waals surface area contributed by atoms with Gasteiger partial charge in [0, 0.05) is 101 Å². The number of ether oxygens (including phenoxy) is 4. The number of hydrogen-bond acceptors (Lipinski definition) is 14. The van der Waals surface area contributed by atoms with Gasteiger partial charge in [0.25, 0.3) is 0 Å². The molecule has 1 spiro atoms. The molecule has 3 saturated carbocycles. The van der Waals surface area contributed by atoms with Crippen molar-refractivity contribution in [3.8, 4) is 51.7 Å². The zero-order valence-corrected chi connectivity index (χ0v) is 42.9. The first-order valence-electron chi connectivity index (χ1n) is 26.3. The average Bonchev–Trinajstić information content (AvgIpc) is 3.88. The number of ketones is 1. The summed E-state index contributed by atoms with van der Waals surface area (Å²) in [7, 11) is 5.44. The normalized spacial score (nSPS) is 30.2. The number of fused-ring (bicyclic) bond motifs is 11. The second-order valence-electron chi connectivity index (χ2n) is 21.9. The lowest BCUT2D eigenvalue weighted by Gasteiger charge is -2.39. The van der Waals surface area contributed by atoms with Crippen LogP contribution in [0.2, 0.25) is 0 Å². The van der Waals surface area contributed by atoms with E-state index in [4.69, 9.17) is 24.7 Å². The third-order valence-corrected chi connectivity index (χ3v) is 19.9. The number of nitrogens with one attached hydrogen (secondary N) is 3. The Kier molecular flexibility index (Phi) is 13.1. The second kappa shape index (κ2) is 19.7. The number of benzene rings is 3. The van der Waals surface area contributed by atoms with Gasteiger partial charge in [-0.25, -0.2) is 0 Å². The Balaban J connectivity index is 1.10. The summed E-state index contributed by atoms with van der Waals surface area (Å²) in [4.78, 5) is 25.4. The molecule has 5 heterocycles. The Labute approximate surface area is 430 Å². The highest BCUT2D eigenvalue weighted by atomic mass is 33.1. The Morgan fingerprint density at radius 3 is 2.74 bits per heavy atom. The van der Waals surface area contributed by atoms with E-state index < -0.39 is 18.2 Å². The van der Waals surface area contributed by atoms with Crippen molar-refractivity contribution < 1.29 is 38.7 Å². The highest BCUT2D eigenvalue weighted by Crippen LogP contribution is 2.63. The summed E-state index contributed by atoms with van der Waals surface area (Å²) in [5.74, 6) is 11.5. The minimum Gasteiger partial charge on any atom is -0.508 e. The van der Waals surface area contributed by atoms with Gasteiger partial charge < -0.3 is 50.8 Å². The molecule has 378 valence electrons. The molecule has 0 aromatic heterocycles. The van der Waals surface area contributed by atoms with E-state index in [0.717, 1.165) is 124 Å². The van der Waals surface area contributed by atoms with Crippen LogP contribution in [0, 0.1) is 23.7 Å². The summed E-state index contributed by atoms with van der Waals surface area (Å²) < 4.78 is 27.2. The number of allylic oxidation sites excluding steroid dienone is 3. The van der Waals surface area contributed by atoms with E-state index in [-0.39, 0.29) is 59.9 Å². The molecule has 5 aliphatic heterocycles. The molecule has 7 N–H and O–H groups in total. The van der Waals surface area contributed by atoms with Crippen LogP contribution in [-0.4, -0.2) is 77.6 Å². The molecule has 12 rings (SSSR count). The number of rotatable bonds is 6. The summed E-state index contributed by atoms with van der Waals surface area (Å²) in [6.07, 6.45) is 18.9. The van der Waals surface area contributed by atoms with Crippen LogP contribution >= 0.6 is 21.6 Å². The summed E-state index contributed by atoms with van der Waals surface area (Å²) >= 11 is 0. The summed E-state index contributed by atoms with van der Waals surface area (Å²) in [6, 6.07) is 8.26. The number of aromatic hydroxyl groups is 2. The molecule has 9 unspecified atom stereocenters. The Hall–Kier alpha value is -5.04. The second-order valence-corrected chi connectivity index (χ2v) is 24.4. The molecule has 0 radical (unpaired) electrons. The predicted octanol–water partition coefficient (Wildman–Crippen LogP) is 9.08. The third kappa shape index (κ3) is 8.88. The molecule has 12 nitrogen and oxygen atoms in total. The molecule has 3 aromatic rings. The maximum atomic E-state index is 13.0. The number of carbonyl (C=O) groups excluding carboxylic acids is 2. The van der Waals surface area contributed by atoms with Crippen LogP contribution in [0.1, 0.15) is 135 Å². The molecule has 4 aliphatic carbocycles. The van der Waals surface area contributed by atoms with E-state index in [9.17, 15) is 19.8 Å². The number of phenols is 2. The van der Waals surface area contributed by atoms with Crippen molar-refractivity contribution in [1.82, 2.24) is 16.0 Å². The van der Waals surface area contributed by atoms with Crippen molar-refractivity contribution in [1.29, 1.82) is 0 Å². The largest absolute Gasteiger partial charge is 0.508 e. The maximum Gasteiger partial charge on any atom is 0.302 e. The van der Waals surface area contributed by atoms with E-state index in [0.29, 0.717) is 60.7 Å². The summed E-state index contributed by atoms with van der Waals surface area (Å²) in [5, 5.41) is 35.5. The van der Waals surface area contributed by atoms with Crippen LogP contribution in [0.25, 0.3) is 17.2 Å². The fraction of sp³-hybridized carbons (Fsp3) is 0.517. The van der Waals surface area contributed by atoms with Crippen LogP contribution in [0.3, 0.4) is 0 Å². The summed E-state index contributed by atoms with van der Waals surface area (Å²) in [6.45, 7) is 1.83. The van der Waals surface area contributed by atoms with Crippen molar-refractivity contribution in [2.45, 2.75) is 151 Å². The minimum absolute atomic E-state index is 0.0676. The van der Waals surface area contributed by atoms with E-state index >= 15 is 0 Å². The zero-order valence-electron chi connectivity index (χ0n) is 41.3. The van der Waals surface area contributed by atoms with Gasteiger partial charge in [-0.1, -0.05) is 64.3 Å². The first-order valence-corrected chi connectivity index (χ1v) is 28.8. The van der Waals surface area contributed by atoms with Crippen molar-refractivity contribution >= 4 is 39.4 Å². The molecule has 3 aromatic carbocycles. The molecule has 9 aliphatic rings. The standard InChI is InChI=1S/C58H66N4O8S2/c1-31(63)68-28-45-41-14-15-42-51-35(23-39(65)24-48(51)67-2)26-58-20-19-32(25-58)21-34-9-18-50(59)62-46(34)8-4-7-40-44(27-60-36-10-12-38(64)13-11-36)54(66)57-43(52(40)55(45)70-56(41)53(42)58)16-17-47-49(69-57)30-72-71-29-33-5-3-6-37(22-33)61-47/h9,14-18,23-24,32-33,36-37,45,47,49-50,55,60-62,65-66H,3,5-7,10-13,19-22,25-30,59H2,1-2H3. The average molecular weight is 1010 g/mol. The lowest BCUT2D eigenvalue weighted by atomic mass is 9.65. The van der Waals surface area contributed by atoms with Gasteiger partial charge in [-0.2, -0.15) is 0 Å². The first-order chi connectivity index (χ1) is 35.0. The molecule has 1 saturated heterocycles. The van der Waals surface area contributed by atoms with Gasteiger partial charge >= 0.3 is 5.97 Å². The van der Waals surface area contributed by atoms with Crippen molar-refractivity contribution in [2.75, 3.05) is 25.2 Å². The SMILES string of the molecule is COc1cc(O)cc2c1-c1ccc3c4c1C1(CCC(CC5=C(C#CCc6c(CNC7CCC(=O)CC7)c(O)c7c(c6C(O4)C3COC(C)=O)C=CC3NC4CCCC(CSSCC3O7)C4)NC(N)C=C5)C1)C2. The smallest absolute Gasteiger partial charge is 0.302 e. The van der Waals surface area contributed by atoms with Gasteiger partial charge in [-0.3, -0.25) is 9.59 Å². The fourth-order valence-corrected chi connectivity index (χ4v) is 16.6. The Morgan fingerprint density at radius 1 is 1.03 bits per heavy atom. The van der Waals surface area contributed by atoms with E-state index in [1.54, 1.807) is 13.2 Å². The quantitative estimate of drug-likeness (QED) is 0.0784. The van der Waals surface area contributed by atoms with Gasteiger partial charge in [-0.15, -0.1) is 0 Å². The number of Topliss-reactive ketones (excluding diaryl/α,β-unsaturated/α-hetero) is 1. The fourth-order valence-electron chi connectivity index (χ4n) is 13.9. The van der Waals surface area contributed by atoms with Gasteiger partial charge in [0.05, 0.1) is 30.9 Å². The Bertz CT molecular complexity index is 2860. The third-order valence-electron chi connectivity index (χ3n) is 17.3. The number of carbonyl (C=O) groups is 2. The van der Waals surface area contributed by atoms with Crippen molar-refractivity contribution in [3.05, 3.63) is 92.7 Å². The molecular weight excluding hydrogens is 945 g/mol. The lowest BCUT2D eigenvalue weighted by Crippen LogP contribution is -2.49. The van der Waals surface area contributed by atoms with Crippen molar-refractivity contribution in [3.63, 3.8) is 0 Å². The number of nitrogens with two attached hydrogens (primary N) is 1. The number of dihydropyridines is 1. The predicted molar refractivity (Wildman–Crippen MR) is 282 cm³/mol. The zero-order chi connectivity index (χ0) is 49.3. The molecule has 4 fully saturated rings. The number of hydrogen-bond donors (Lipinski definition) is 6. The van der Waals surface area contributed by atoms with Crippen LogP contribution in [0.5, 0.6) is 28.7 Å². The number of phenolic OH excluding ortho intramolecular Hbond substituents is 2. The highest BCUT2D eigenvalue weighted by molar-refractivity contribution is 8.76. The Morgan fingerprint density at radius 2 is 1.89 bits per heavy atom. The molecule has 72 heavy (non-hydrogen) atoms. The van der Waals surface area contributed by atoms with Crippen LogP contribution in [0.4, 0.5) is 0 Å². The number of esters is 1. The molecule has 9 atom stereocenters. The van der Waals surface area contributed by atoms with Crippen LogP contribution in [0.15, 0.2) is 53.8 Å². The monoisotopic (exact) mass is 1010 g/mol. The summed E-state index contributed by atoms with van der Waals surface area (Å²) in [5.41, 5.74) is 16.4. The topological polar surface area (TPSA) is 174 Å². The maximum absolute atomic E-state index is 13.0. The van der Waals surface area contributed by atoms with Gasteiger partial charge in [0.2, 0.25) is 0 Å². The molecule has 6 bridgehead atoms. The van der Waals surface area contributed by atoms with E-state index in [2.05, 4.69) is 58.2 Å². The van der Waals surface area contributed by atoms with Crippen LogP contribution < -0.4 is 35.9 Å². The minimum atomic E-state index is -0.688. The molecule has 14 heteroatoms. The van der Waals surface area contributed by atoms with Gasteiger partial charge in [-0.05, 0) is 116 Å². The molecule has 0 amide bonds. The van der Waals surface area contributed by atoms with E-state index in [1.165, 1.54) is 19.8 Å². The van der Waals surface area contributed by atoms with Gasteiger partial charge in [0.15, 0.2) is 11.5 Å².